The van der Waals surface area contributed by atoms with Gasteiger partial charge in [0.05, 0.1) is 4.75 Å². The van der Waals surface area contributed by atoms with Gasteiger partial charge in [0.1, 0.15) is 0 Å². The highest BCUT2D eigenvalue weighted by atomic mass is 32.2. The Hall–Kier alpha value is -0.950. The number of nitrogens with two attached hydrogens (primary N) is 1. The van der Waals surface area contributed by atoms with Gasteiger partial charge in [-0.3, -0.25) is 4.79 Å². The highest BCUT2D eigenvalue weighted by molar-refractivity contribution is 8.00. The van der Waals surface area contributed by atoms with E-state index in [1.54, 1.807) is 18.9 Å². The summed E-state index contributed by atoms with van der Waals surface area (Å²) in [6.45, 7) is 1.92. The van der Waals surface area contributed by atoms with Crippen LogP contribution >= 0.6 is 11.8 Å². The molecule has 110 valence electrons. The number of nitrogens with zero attached hydrogens (tertiary/aromatic N) is 2. The second-order valence-electron chi connectivity index (χ2n) is 4.66. The van der Waals surface area contributed by atoms with Crippen molar-refractivity contribution in [2.24, 2.45) is 10.9 Å². The zero-order valence-corrected chi connectivity index (χ0v) is 12.4. The first kappa shape index (κ1) is 16.1. The Labute approximate surface area is 118 Å². The van der Waals surface area contributed by atoms with Crippen LogP contribution in [0, 0.1) is 0 Å². The SMILES string of the molecule is COCCCC(=O)N1CCC(SC)(C(N)=NO)CC1. The van der Waals surface area contributed by atoms with Crippen molar-refractivity contribution < 1.29 is 14.7 Å². The predicted octanol–water partition coefficient (Wildman–Crippen LogP) is 0.884. The molecule has 3 N–H and O–H groups in total. The molecule has 0 atom stereocenters. The lowest BCUT2D eigenvalue weighted by Crippen LogP contribution is -2.51. The van der Waals surface area contributed by atoms with Crippen molar-refractivity contribution in [1.82, 2.24) is 4.90 Å². The molecule has 0 bridgehead atoms. The molecule has 0 aromatic carbocycles. The summed E-state index contributed by atoms with van der Waals surface area (Å²) in [5.41, 5.74) is 5.77. The van der Waals surface area contributed by atoms with E-state index in [2.05, 4.69) is 5.16 Å². The van der Waals surface area contributed by atoms with E-state index in [1.165, 1.54) is 0 Å². The van der Waals surface area contributed by atoms with Crippen molar-refractivity contribution in [3.63, 3.8) is 0 Å². The van der Waals surface area contributed by atoms with Gasteiger partial charge in [0.15, 0.2) is 5.84 Å². The number of amidine groups is 1. The fraction of sp³-hybridized carbons (Fsp3) is 0.833. The molecule has 0 aliphatic carbocycles. The number of likely N-dealkylation sites (tertiary alicyclic amines) is 1. The van der Waals surface area contributed by atoms with E-state index in [9.17, 15) is 4.79 Å². The quantitative estimate of drug-likeness (QED) is 0.249. The monoisotopic (exact) mass is 289 g/mol. The van der Waals surface area contributed by atoms with Crippen molar-refractivity contribution >= 4 is 23.5 Å². The second-order valence-corrected chi connectivity index (χ2v) is 5.85. The fourth-order valence-corrected chi connectivity index (χ4v) is 3.14. The lowest BCUT2D eigenvalue weighted by molar-refractivity contribution is -0.132. The number of oxime groups is 1. The average molecular weight is 289 g/mol. The zero-order valence-electron chi connectivity index (χ0n) is 11.6. The molecule has 1 amide bonds. The maximum atomic E-state index is 12.0. The molecule has 1 aliphatic rings. The number of carbonyl (C=O) groups is 1. The van der Waals surface area contributed by atoms with Gasteiger partial charge >= 0.3 is 0 Å². The number of hydrogen-bond acceptors (Lipinski definition) is 5. The summed E-state index contributed by atoms with van der Waals surface area (Å²) in [6, 6.07) is 0. The van der Waals surface area contributed by atoms with E-state index in [4.69, 9.17) is 15.7 Å². The van der Waals surface area contributed by atoms with Gasteiger partial charge in [0, 0.05) is 33.2 Å². The smallest absolute Gasteiger partial charge is 0.222 e. The first-order valence-corrected chi connectivity index (χ1v) is 7.62. The summed E-state index contributed by atoms with van der Waals surface area (Å²) < 4.78 is 4.61. The first-order chi connectivity index (χ1) is 9.09. The minimum Gasteiger partial charge on any atom is -0.409 e. The second kappa shape index (κ2) is 7.59. The average Bonchev–Trinajstić information content (AvgIpc) is 2.46. The number of ether oxygens (including phenoxy) is 1. The van der Waals surface area contributed by atoms with Crippen LogP contribution in [0.15, 0.2) is 5.16 Å². The van der Waals surface area contributed by atoms with Crippen LogP contribution < -0.4 is 5.73 Å². The van der Waals surface area contributed by atoms with E-state index >= 15 is 0 Å². The van der Waals surface area contributed by atoms with Crippen LogP contribution in [-0.2, 0) is 9.53 Å². The van der Waals surface area contributed by atoms with Crippen LogP contribution in [0.5, 0.6) is 0 Å². The molecule has 19 heavy (non-hydrogen) atoms. The Bertz CT molecular complexity index is 328. The lowest BCUT2D eigenvalue weighted by Gasteiger charge is -2.39. The molecule has 1 aliphatic heterocycles. The number of rotatable bonds is 6. The third-order valence-corrected chi connectivity index (χ3v) is 5.03. The Kier molecular flexibility index (Phi) is 6.44. The van der Waals surface area contributed by atoms with Crippen LogP contribution in [0.25, 0.3) is 0 Å². The van der Waals surface area contributed by atoms with Crippen LogP contribution in [0.3, 0.4) is 0 Å². The van der Waals surface area contributed by atoms with Crippen LogP contribution in [0.2, 0.25) is 0 Å². The number of carbonyl (C=O) groups excluding carboxylic acids is 1. The van der Waals surface area contributed by atoms with Crippen molar-refractivity contribution in [1.29, 1.82) is 0 Å². The number of thioether (sulfide) groups is 1. The number of hydrogen-bond donors (Lipinski definition) is 2. The van der Waals surface area contributed by atoms with Crippen molar-refractivity contribution in [2.75, 3.05) is 33.1 Å². The number of amides is 1. The van der Waals surface area contributed by atoms with Gasteiger partial charge in [-0.25, -0.2) is 0 Å². The maximum Gasteiger partial charge on any atom is 0.222 e. The highest BCUT2D eigenvalue weighted by Crippen LogP contribution is 2.34. The van der Waals surface area contributed by atoms with Crippen LogP contribution in [0.1, 0.15) is 25.7 Å². The summed E-state index contributed by atoms with van der Waals surface area (Å²) in [5, 5.41) is 12.0. The molecule has 6 nitrogen and oxygen atoms in total. The van der Waals surface area contributed by atoms with E-state index in [0.717, 1.165) is 19.3 Å². The molecule has 1 heterocycles. The van der Waals surface area contributed by atoms with E-state index in [1.807, 2.05) is 11.2 Å². The van der Waals surface area contributed by atoms with Gasteiger partial charge in [0.25, 0.3) is 0 Å². The summed E-state index contributed by atoms with van der Waals surface area (Å²) in [5.74, 6) is 0.415. The maximum absolute atomic E-state index is 12.0. The molecule has 0 saturated carbocycles. The summed E-state index contributed by atoms with van der Waals surface area (Å²) in [4.78, 5) is 13.8. The van der Waals surface area contributed by atoms with Crippen molar-refractivity contribution in [3.8, 4) is 0 Å². The normalized spacial score (nSPS) is 19.5. The molecule has 0 aromatic rings. The Balaban J connectivity index is 2.49. The third kappa shape index (κ3) is 4.01. The predicted molar refractivity (Wildman–Crippen MR) is 76.6 cm³/mol. The van der Waals surface area contributed by atoms with E-state index in [0.29, 0.717) is 26.1 Å². The Morgan fingerprint density at radius 1 is 1.53 bits per heavy atom. The van der Waals surface area contributed by atoms with E-state index < -0.39 is 0 Å². The van der Waals surface area contributed by atoms with Crippen LogP contribution in [-0.4, -0.2) is 59.7 Å². The molecule has 0 spiro atoms. The molecule has 0 unspecified atom stereocenters. The fourth-order valence-electron chi connectivity index (χ4n) is 2.30. The third-order valence-electron chi connectivity index (χ3n) is 3.63. The number of piperidine rings is 1. The molecule has 0 aromatic heterocycles. The summed E-state index contributed by atoms with van der Waals surface area (Å²) in [6.07, 6.45) is 4.66. The number of methoxy groups -OCH3 is 1. The molecular formula is C12H23N3O3S. The van der Waals surface area contributed by atoms with Gasteiger partial charge in [-0.15, -0.1) is 0 Å². The minimum atomic E-state index is -0.335. The highest BCUT2D eigenvalue weighted by Gasteiger charge is 2.39. The standard InChI is InChI=1S/C12H23N3O3S/c1-18-9-3-4-10(16)15-7-5-12(19-2,6-8-15)11(13)14-17/h17H,3-9H2,1-2H3,(H2,13,14). The summed E-state index contributed by atoms with van der Waals surface area (Å²) >= 11 is 1.59. The molecule has 1 saturated heterocycles. The van der Waals surface area contributed by atoms with Gasteiger partial charge in [0.2, 0.25) is 5.91 Å². The molecule has 0 radical (unpaired) electrons. The largest absolute Gasteiger partial charge is 0.409 e. The van der Waals surface area contributed by atoms with Gasteiger partial charge < -0.3 is 20.6 Å². The van der Waals surface area contributed by atoms with E-state index in [-0.39, 0.29) is 16.5 Å². The first-order valence-electron chi connectivity index (χ1n) is 6.39. The molecule has 1 fully saturated rings. The zero-order chi connectivity index (χ0) is 14.3. The Morgan fingerprint density at radius 3 is 2.63 bits per heavy atom. The Morgan fingerprint density at radius 2 is 2.16 bits per heavy atom. The molecule has 7 heteroatoms. The van der Waals surface area contributed by atoms with Gasteiger partial charge in [-0.2, -0.15) is 11.8 Å². The molecule has 1 rings (SSSR count). The van der Waals surface area contributed by atoms with Crippen molar-refractivity contribution in [2.45, 2.75) is 30.4 Å². The minimum absolute atomic E-state index is 0.159. The van der Waals surface area contributed by atoms with Gasteiger partial charge in [-0.05, 0) is 25.5 Å². The van der Waals surface area contributed by atoms with Crippen molar-refractivity contribution in [3.05, 3.63) is 0 Å². The summed E-state index contributed by atoms with van der Waals surface area (Å²) in [7, 11) is 1.63. The lowest BCUT2D eigenvalue weighted by atomic mass is 9.94. The molecular weight excluding hydrogens is 266 g/mol. The topological polar surface area (TPSA) is 88.2 Å². The van der Waals surface area contributed by atoms with Crippen LogP contribution in [0.4, 0.5) is 0 Å². The van der Waals surface area contributed by atoms with Gasteiger partial charge in [-0.1, -0.05) is 5.16 Å².